The van der Waals surface area contributed by atoms with Crippen molar-refractivity contribution in [3.8, 4) is 0 Å². The summed E-state index contributed by atoms with van der Waals surface area (Å²) in [7, 11) is 0. The number of amides is 2. The molecule has 5 atom stereocenters. The maximum absolute atomic E-state index is 13.8. The number of Topliss-reactive ketones (excluding diaryl/α,β-unsaturated/α-hetero) is 3. The van der Waals surface area contributed by atoms with Crippen LogP contribution in [-0.2, 0) is 30.4 Å². The minimum absolute atomic E-state index is 0.00902. The van der Waals surface area contributed by atoms with Crippen molar-refractivity contribution in [2.45, 2.75) is 149 Å². The van der Waals surface area contributed by atoms with Gasteiger partial charge >= 0.3 is 6.18 Å². The highest BCUT2D eigenvalue weighted by Gasteiger charge is 2.45. The van der Waals surface area contributed by atoms with E-state index in [2.05, 4.69) is 17.6 Å². The van der Waals surface area contributed by atoms with E-state index in [4.69, 9.17) is 0 Å². The van der Waals surface area contributed by atoms with Crippen molar-refractivity contribution in [1.29, 1.82) is 0 Å². The topological polar surface area (TPSA) is 130 Å². The number of carbonyl (C=O) groups excluding carboxylic acids is 5. The Labute approximate surface area is 290 Å². The number of hydrogen-bond acceptors (Lipinski definition) is 6. The minimum atomic E-state index is -5.04. The number of ketones is 3. The summed E-state index contributed by atoms with van der Waals surface area (Å²) in [5.41, 5.74) is 0.750. The maximum atomic E-state index is 13.8. The smallest absolute Gasteiger partial charge is 0.382 e. The molecular weight excluding hydrogens is 637 g/mol. The summed E-state index contributed by atoms with van der Waals surface area (Å²) in [5.74, 6) is -4.62. The molecule has 0 radical (unpaired) electrons. The summed E-state index contributed by atoms with van der Waals surface area (Å²) in [6.07, 6.45) is -0.980. The van der Waals surface area contributed by atoms with Gasteiger partial charge in [0.1, 0.15) is 11.6 Å². The van der Waals surface area contributed by atoms with Crippen LogP contribution in [0.25, 0.3) is 0 Å². The highest BCUT2D eigenvalue weighted by molar-refractivity contribution is 5.94. The fourth-order valence-corrected chi connectivity index (χ4v) is 5.81. The van der Waals surface area contributed by atoms with E-state index in [0.29, 0.717) is 6.42 Å². The molecule has 0 aromatic heterocycles. The second kappa shape index (κ2) is 22.6. The average Bonchev–Trinajstić information content (AvgIpc) is 3.02. The first-order valence-electron chi connectivity index (χ1n) is 17.9. The van der Waals surface area contributed by atoms with Crippen LogP contribution in [0.1, 0.15) is 124 Å². The predicted octanol–water partition coefficient (Wildman–Crippen LogP) is 7.09. The van der Waals surface area contributed by atoms with Gasteiger partial charge in [0.2, 0.25) is 11.8 Å². The number of rotatable bonds is 25. The predicted molar refractivity (Wildman–Crippen MR) is 184 cm³/mol. The minimum Gasteiger partial charge on any atom is -0.382 e. The fraction of sp³-hybridized carbons (Fsp3) is 0.711. The molecule has 0 saturated heterocycles. The number of hydrogen-bond donors (Lipinski definition) is 3. The molecule has 0 aliphatic rings. The molecule has 3 N–H and O–H groups in total. The molecule has 1 aromatic carbocycles. The molecule has 8 nitrogen and oxygen atoms in total. The number of halogens is 3. The average molecular weight is 697 g/mol. The molecule has 1 aromatic rings. The molecule has 0 aliphatic heterocycles. The van der Waals surface area contributed by atoms with Gasteiger partial charge in [0.25, 0.3) is 0 Å². The Bertz CT molecular complexity index is 1170. The molecule has 2 unspecified atom stereocenters. The van der Waals surface area contributed by atoms with Gasteiger partial charge in [-0.3, -0.25) is 19.2 Å². The van der Waals surface area contributed by atoms with Crippen LogP contribution in [0.15, 0.2) is 30.3 Å². The van der Waals surface area contributed by atoms with E-state index >= 15 is 0 Å². The summed E-state index contributed by atoms with van der Waals surface area (Å²) in [5, 5.41) is 15.0. The van der Waals surface area contributed by atoms with Crippen molar-refractivity contribution in [3.63, 3.8) is 0 Å². The first kappa shape index (κ1) is 43.9. The van der Waals surface area contributed by atoms with Crippen LogP contribution in [0.2, 0.25) is 0 Å². The van der Waals surface area contributed by atoms with Crippen molar-refractivity contribution in [1.82, 2.24) is 10.6 Å². The third-order valence-corrected chi connectivity index (χ3v) is 9.05. The normalized spacial score (nSPS) is 14.9. The quantitative estimate of drug-likeness (QED) is 0.0937. The number of aliphatic hydroxyl groups is 1. The third-order valence-electron chi connectivity index (χ3n) is 9.05. The molecule has 0 heterocycles. The van der Waals surface area contributed by atoms with Crippen molar-refractivity contribution in [3.05, 3.63) is 35.9 Å². The summed E-state index contributed by atoms with van der Waals surface area (Å²) in [4.78, 5) is 65.2. The number of carbonyl (C=O) groups is 5. The Balaban J connectivity index is 3.12. The molecule has 0 aliphatic carbocycles. The lowest BCUT2D eigenvalue weighted by Crippen LogP contribution is -2.53. The van der Waals surface area contributed by atoms with Gasteiger partial charge in [-0.15, -0.1) is 0 Å². The SMILES string of the molecule is CCCCCCCCCC(=O)C[C@H](C(=O)N[C@@H](Cc1ccccc1)C(=O)C[C@H](C(=O)NC(CCC(C)=O)C(O)C(F)(F)F)C(C)C)C(C)C. The Morgan fingerprint density at radius 1 is 0.755 bits per heavy atom. The van der Waals surface area contributed by atoms with E-state index in [1.807, 2.05) is 19.9 Å². The molecule has 278 valence electrons. The first-order chi connectivity index (χ1) is 23.0. The van der Waals surface area contributed by atoms with Gasteiger partial charge in [0, 0.05) is 37.5 Å². The van der Waals surface area contributed by atoms with Gasteiger partial charge < -0.3 is 20.5 Å². The third kappa shape index (κ3) is 17.4. The van der Waals surface area contributed by atoms with E-state index in [-0.39, 0.29) is 37.4 Å². The second-order valence-electron chi connectivity index (χ2n) is 14.1. The summed E-state index contributed by atoms with van der Waals surface area (Å²) in [6, 6.07) is 6.13. The zero-order valence-corrected chi connectivity index (χ0v) is 30.2. The Hall–Kier alpha value is -3.08. The second-order valence-corrected chi connectivity index (χ2v) is 14.1. The van der Waals surface area contributed by atoms with Crippen molar-refractivity contribution in [2.75, 3.05) is 0 Å². The van der Waals surface area contributed by atoms with Gasteiger partial charge in [-0.2, -0.15) is 13.2 Å². The van der Waals surface area contributed by atoms with Gasteiger partial charge in [-0.1, -0.05) is 103 Å². The lowest BCUT2D eigenvalue weighted by molar-refractivity contribution is -0.213. The number of benzene rings is 1. The van der Waals surface area contributed by atoms with E-state index in [0.717, 1.165) is 31.2 Å². The van der Waals surface area contributed by atoms with E-state index in [9.17, 15) is 42.3 Å². The highest BCUT2D eigenvalue weighted by atomic mass is 19.4. The Morgan fingerprint density at radius 3 is 1.82 bits per heavy atom. The zero-order chi connectivity index (χ0) is 37.1. The van der Waals surface area contributed by atoms with Crippen LogP contribution in [0.4, 0.5) is 13.2 Å². The number of alkyl halides is 3. The number of unbranched alkanes of at least 4 members (excludes halogenated alkanes) is 6. The van der Waals surface area contributed by atoms with E-state index in [1.165, 1.54) is 26.2 Å². The van der Waals surface area contributed by atoms with Crippen LogP contribution in [0.5, 0.6) is 0 Å². The Morgan fingerprint density at radius 2 is 1.29 bits per heavy atom. The molecule has 0 fully saturated rings. The lowest BCUT2D eigenvalue weighted by Gasteiger charge is -2.29. The van der Waals surface area contributed by atoms with Crippen LogP contribution < -0.4 is 10.6 Å². The zero-order valence-electron chi connectivity index (χ0n) is 30.2. The lowest BCUT2D eigenvalue weighted by atomic mass is 9.85. The van der Waals surface area contributed by atoms with Gasteiger partial charge in [0.05, 0.1) is 12.1 Å². The van der Waals surface area contributed by atoms with Crippen molar-refractivity contribution in [2.24, 2.45) is 23.7 Å². The first-order valence-corrected chi connectivity index (χ1v) is 17.9. The summed E-state index contributed by atoms with van der Waals surface area (Å²) in [6.45, 7) is 10.4. The molecular formula is C38H59F3N2O6. The van der Waals surface area contributed by atoms with Crippen molar-refractivity contribution < 1.29 is 42.3 Å². The van der Waals surface area contributed by atoms with Gasteiger partial charge in [-0.05, 0) is 43.6 Å². The number of nitrogens with one attached hydrogen (secondary N) is 2. The van der Waals surface area contributed by atoms with Crippen LogP contribution in [0.3, 0.4) is 0 Å². The standard InChI is InChI=1S/C38H59F3N2O6/c1-7-8-9-10-11-12-16-19-29(45)23-30(25(2)3)36(48)43-33(22-28-17-14-13-15-18-28)34(46)24-31(26(4)5)37(49)42-32(21-20-27(6)44)35(47)38(39,40)41/h13-15,17-18,25-26,30-33,35,47H,7-12,16,19-24H2,1-6H3,(H,42,49)(H,43,48)/t30-,31-,32?,33-,35?/m0/s1. The van der Waals surface area contributed by atoms with Crippen molar-refractivity contribution >= 4 is 29.2 Å². The number of aliphatic hydroxyl groups excluding tert-OH is 1. The van der Waals surface area contributed by atoms with Gasteiger partial charge in [-0.25, -0.2) is 0 Å². The fourth-order valence-electron chi connectivity index (χ4n) is 5.81. The highest BCUT2D eigenvalue weighted by Crippen LogP contribution is 2.26. The molecule has 49 heavy (non-hydrogen) atoms. The van der Waals surface area contributed by atoms with Crippen LogP contribution in [-0.4, -0.2) is 58.6 Å². The van der Waals surface area contributed by atoms with Gasteiger partial charge in [0.15, 0.2) is 11.9 Å². The van der Waals surface area contributed by atoms with E-state index < -0.39 is 71.9 Å². The largest absolute Gasteiger partial charge is 0.416 e. The van der Waals surface area contributed by atoms with Crippen LogP contribution >= 0.6 is 0 Å². The molecule has 0 spiro atoms. The van der Waals surface area contributed by atoms with E-state index in [1.54, 1.807) is 38.1 Å². The summed E-state index contributed by atoms with van der Waals surface area (Å²) < 4.78 is 40.2. The molecule has 1 rings (SSSR count). The molecule has 11 heteroatoms. The Kier molecular flexibility index (Phi) is 20.3. The maximum Gasteiger partial charge on any atom is 0.416 e. The van der Waals surface area contributed by atoms with Crippen LogP contribution in [0, 0.1) is 23.7 Å². The molecule has 0 saturated carbocycles. The summed E-state index contributed by atoms with van der Waals surface area (Å²) >= 11 is 0. The molecule has 2 amide bonds. The monoisotopic (exact) mass is 696 g/mol. The molecule has 0 bridgehead atoms.